The summed E-state index contributed by atoms with van der Waals surface area (Å²) < 4.78 is 0. The van der Waals surface area contributed by atoms with E-state index in [1.807, 2.05) is 30.5 Å². The van der Waals surface area contributed by atoms with E-state index >= 15 is 0 Å². The molecule has 1 fully saturated rings. The van der Waals surface area contributed by atoms with Gasteiger partial charge in [-0.25, -0.2) is 4.98 Å². The van der Waals surface area contributed by atoms with Crippen molar-refractivity contribution in [2.75, 3.05) is 18.4 Å². The Kier molecular flexibility index (Phi) is 5.44. The quantitative estimate of drug-likeness (QED) is 0.556. The van der Waals surface area contributed by atoms with Gasteiger partial charge in [0.25, 0.3) is 0 Å². The Morgan fingerprint density at radius 2 is 2.07 bits per heavy atom. The second kappa shape index (κ2) is 8.32. The number of hydrogen-bond donors (Lipinski definition) is 3. The minimum Gasteiger partial charge on any atom is -0.404 e. The molecule has 0 saturated carbocycles. The van der Waals surface area contributed by atoms with Crippen LogP contribution in [0.15, 0.2) is 47.9 Å². The lowest BCUT2D eigenvalue weighted by Gasteiger charge is -2.22. The molecular weight excluding hydrogens is 364 g/mol. The minimum atomic E-state index is 0.315. The molecule has 1 saturated heterocycles. The first-order chi connectivity index (χ1) is 14.1. The van der Waals surface area contributed by atoms with Crippen molar-refractivity contribution >= 4 is 34.5 Å². The van der Waals surface area contributed by atoms with E-state index in [0.717, 1.165) is 40.8 Å². The van der Waals surface area contributed by atoms with Gasteiger partial charge in [-0.1, -0.05) is 13.8 Å². The molecule has 4 rings (SSSR count). The molecule has 0 aromatic carbocycles. The van der Waals surface area contributed by atoms with Gasteiger partial charge in [-0.05, 0) is 35.7 Å². The number of anilines is 2. The first-order valence-corrected chi connectivity index (χ1v) is 9.65. The summed E-state index contributed by atoms with van der Waals surface area (Å²) in [6, 6.07) is 8.07. The predicted molar refractivity (Wildman–Crippen MR) is 116 cm³/mol. The lowest BCUT2D eigenvalue weighted by Crippen LogP contribution is -2.45. The second-order valence-corrected chi connectivity index (χ2v) is 7.32. The van der Waals surface area contributed by atoms with Crippen molar-refractivity contribution < 1.29 is 0 Å². The van der Waals surface area contributed by atoms with Crippen LogP contribution >= 0.6 is 0 Å². The molecule has 4 N–H and O–H groups in total. The van der Waals surface area contributed by atoms with Gasteiger partial charge in [0.1, 0.15) is 5.82 Å². The number of rotatable bonds is 6. The van der Waals surface area contributed by atoms with Gasteiger partial charge in [-0.2, -0.15) is 5.10 Å². The fourth-order valence-corrected chi connectivity index (χ4v) is 2.90. The van der Waals surface area contributed by atoms with Crippen molar-refractivity contribution in [3.8, 4) is 0 Å². The highest BCUT2D eigenvalue weighted by molar-refractivity contribution is 6.10. The van der Waals surface area contributed by atoms with Crippen molar-refractivity contribution in [1.29, 1.82) is 0 Å². The van der Waals surface area contributed by atoms with Crippen LogP contribution in [0.1, 0.15) is 30.9 Å². The molecule has 1 aliphatic rings. The molecule has 0 unspecified atom stereocenters. The van der Waals surface area contributed by atoms with Crippen LogP contribution in [-0.4, -0.2) is 45.5 Å². The summed E-state index contributed by atoms with van der Waals surface area (Å²) in [7, 11) is 0. The lowest BCUT2D eigenvalue weighted by atomic mass is 10.1. The Labute approximate surface area is 169 Å². The van der Waals surface area contributed by atoms with Gasteiger partial charge in [-0.3, -0.25) is 9.98 Å². The number of allylic oxidation sites excluding steroid dienone is 1. The first kappa shape index (κ1) is 18.9. The summed E-state index contributed by atoms with van der Waals surface area (Å²) in [6.07, 6.45) is 6.93. The maximum absolute atomic E-state index is 5.82. The molecule has 0 radical (unpaired) electrons. The van der Waals surface area contributed by atoms with Gasteiger partial charge in [-0.15, -0.1) is 5.10 Å². The number of nitrogens with one attached hydrogen (secondary N) is 2. The summed E-state index contributed by atoms with van der Waals surface area (Å²) >= 11 is 0. The Morgan fingerprint density at radius 3 is 2.79 bits per heavy atom. The van der Waals surface area contributed by atoms with Crippen molar-refractivity contribution in [3.05, 3.63) is 54.0 Å². The number of hydrogen-bond acceptors (Lipinski definition) is 8. The third-order valence-corrected chi connectivity index (χ3v) is 4.83. The molecule has 0 amide bonds. The highest BCUT2D eigenvalue weighted by atomic mass is 15.2. The van der Waals surface area contributed by atoms with Crippen molar-refractivity contribution in [1.82, 2.24) is 25.5 Å². The van der Waals surface area contributed by atoms with Gasteiger partial charge in [0, 0.05) is 42.8 Å². The highest BCUT2D eigenvalue weighted by Gasteiger charge is 2.14. The van der Waals surface area contributed by atoms with Crippen LogP contribution in [0, 0.1) is 0 Å². The average Bonchev–Trinajstić information content (AvgIpc) is 2.69. The molecule has 3 aromatic heterocycles. The smallest absolute Gasteiger partial charge is 0.154 e. The number of aromatic nitrogens is 4. The Hall–Kier alpha value is -3.39. The summed E-state index contributed by atoms with van der Waals surface area (Å²) in [5.74, 6) is 1.72. The molecule has 0 bridgehead atoms. The second-order valence-electron chi connectivity index (χ2n) is 7.32. The summed E-state index contributed by atoms with van der Waals surface area (Å²) in [5.41, 5.74) is 10.2. The van der Waals surface area contributed by atoms with E-state index in [4.69, 9.17) is 5.73 Å². The first-order valence-electron chi connectivity index (χ1n) is 9.65. The molecule has 4 heterocycles. The number of fused-ring (bicyclic) bond motifs is 1. The average molecular weight is 388 g/mol. The fourth-order valence-electron chi connectivity index (χ4n) is 2.90. The highest BCUT2D eigenvalue weighted by Crippen LogP contribution is 2.21. The van der Waals surface area contributed by atoms with Gasteiger partial charge >= 0.3 is 0 Å². The predicted octanol–water partition coefficient (Wildman–Crippen LogP) is 2.63. The zero-order valence-corrected chi connectivity index (χ0v) is 16.5. The van der Waals surface area contributed by atoms with Crippen LogP contribution in [0.4, 0.5) is 11.6 Å². The Balaban J connectivity index is 1.59. The molecular formula is C21H24N8. The molecule has 1 aliphatic heterocycles. The molecule has 0 aliphatic carbocycles. The van der Waals surface area contributed by atoms with E-state index in [0.29, 0.717) is 23.6 Å². The monoisotopic (exact) mass is 388 g/mol. The zero-order chi connectivity index (χ0) is 20.2. The van der Waals surface area contributed by atoms with E-state index in [1.165, 1.54) is 0 Å². The van der Waals surface area contributed by atoms with E-state index in [-0.39, 0.29) is 0 Å². The standard InChI is InChI=1S/C21H24N8/c1-13(2)14-6-21(29-26-10-14)28-20-4-3-18-19(27-20)5-15(8-25-18)16(7-22)9-24-17-11-23-12-17/h3-10,13,17,23H,11-12,22H2,1-2H3,(H,27,28,29). The third-order valence-electron chi connectivity index (χ3n) is 4.83. The normalized spacial score (nSPS) is 15.2. The maximum atomic E-state index is 5.82. The van der Waals surface area contributed by atoms with E-state index < -0.39 is 0 Å². The minimum absolute atomic E-state index is 0.315. The van der Waals surface area contributed by atoms with Crippen molar-refractivity contribution in [2.45, 2.75) is 25.8 Å². The molecule has 148 valence electrons. The van der Waals surface area contributed by atoms with Gasteiger partial charge < -0.3 is 16.4 Å². The summed E-state index contributed by atoms with van der Waals surface area (Å²) in [4.78, 5) is 13.7. The fraction of sp³-hybridized carbons (Fsp3) is 0.286. The molecule has 0 spiro atoms. The zero-order valence-electron chi connectivity index (χ0n) is 16.5. The van der Waals surface area contributed by atoms with Crippen LogP contribution in [0.25, 0.3) is 16.6 Å². The Bertz CT molecular complexity index is 1070. The molecule has 8 nitrogen and oxygen atoms in total. The lowest BCUT2D eigenvalue weighted by molar-refractivity contribution is 0.449. The Morgan fingerprint density at radius 1 is 1.21 bits per heavy atom. The number of aliphatic imine (C=N–C) groups is 1. The van der Waals surface area contributed by atoms with E-state index in [1.54, 1.807) is 18.6 Å². The van der Waals surface area contributed by atoms with Crippen LogP contribution in [0.3, 0.4) is 0 Å². The van der Waals surface area contributed by atoms with Crippen molar-refractivity contribution in [2.24, 2.45) is 10.7 Å². The van der Waals surface area contributed by atoms with E-state index in [9.17, 15) is 0 Å². The maximum Gasteiger partial charge on any atom is 0.154 e. The summed E-state index contributed by atoms with van der Waals surface area (Å²) in [6.45, 7) is 6.05. The van der Waals surface area contributed by atoms with Gasteiger partial charge in [0.15, 0.2) is 5.82 Å². The number of nitrogens with zero attached hydrogens (tertiary/aromatic N) is 5. The van der Waals surface area contributed by atoms with Crippen LogP contribution in [0.5, 0.6) is 0 Å². The molecule has 8 heteroatoms. The molecule has 3 aromatic rings. The number of pyridine rings is 2. The van der Waals surface area contributed by atoms with Crippen LogP contribution in [-0.2, 0) is 0 Å². The van der Waals surface area contributed by atoms with Crippen LogP contribution < -0.4 is 16.4 Å². The van der Waals surface area contributed by atoms with E-state index in [2.05, 4.69) is 49.6 Å². The largest absolute Gasteiger partial charge is 0.404 e. The van der Waals surface area contributed by atoms with Gasteiger partial charge in [0.05, 0.1) is 23.3 Å². The topological polar surface area (TPSA) is 114 Å². The van der Waals surface area contributed by atoms with Crippen LogP contribution in [0.2, 0.25) is 0 Å². The summed E-state index contributed by atoms with van der Waals surface area (Å²) in [5, 5.41) is 14.6. The molecule has 29 heavy (non-hydrogen) atoms. The van der Waals surface area contributed by atoms with Crippen molar-refractivity contribution in [3.63, 3.8) is 0 Å². The third kappa shape index (κ3) is 4.38. The van der Waals surface area contributed by atoms with Gasteiger partial charge in [0.2, 0.25) is 0 Å². The number of nitrogens with two attached hydrogens (primary N) is 1. The molecule has 0 atom stereocenters. The SMILES string of the molecule is CC(C)c1cnnc(Nc2ccc3ncc(C(C=NC4CNC4)=CN)cc3n2)c1.